The van der Waals surface area contributed by atoms with Crippen molar-refractivity contribution in [2.45, 2.75) is 60.7 Å². The van der Waals surface area contributed by atoms with Crippen LogP contribution in [-0.2, 0) is 16.1 Å². The lowest BCUT2D eigenvalue weighted by Gasteiger charge is -2.41. The number of halogens is 1. The number of alkyl halides is 1. The van der Waals surface area contributed by atoms with Crippen LogP contribution in [-0.4, -0.2) is 50.7 Å². The van der Waals surface area contributed by atoms with Crippen molar-refractivity contribution in [3.8, 4) is 0 Å². The van der Waals surface area contributed by atoms with E-state index >= 15 is 0 Å². The van der Waals surface area contributed by atoms with Gasteiger partial charge in [-0.2, -0.15) is 0 Å². The highest BCUT2D eigenvalue weighted by Gasteiger charge is 2.43. The van der Waals surface area contributed by atoms with Gasteiger partial charge in [0.05, 0.1) is 30.3 Å². The van der Waals surface area contributed by atoms with Crippen molar-refractivity contribution in [3.05, 3.63) is 30.0 Å². The van der Waals surface area contributed by atoms with Crippen LogP contribution in [0.15, 0.2) is 28.0 Å². The van der Waals surface area contributed by atoms with Crippen LogP contribution in [0.4, 0.5) is 0 Å². The lowest BCUT2D eigenvalue weighted by molar-refractivity contribution is -0.121. The Bertz CT molecular complexity index is 814. The summed E-state index contributed by atoms with van der Waals surface area (Å²) in [5.41, 5.74) is 3.48. The van der Waals surface area contributed by atoms with Crippen LogP contribution < -0.4 is 10.7 Å². The van der Waals surface area contributed by atoms with Crippen LogP contribution in [0.2, 0.25) is 0 Å². The minimum absolute atomic E-state index is 0.0502. The maximum absolute atomic E-state index is 13.0. The van der Waals surface area contributed by atoms with Gasteiger partial charge in [-0.25, -0.2) is 4.68 Å². The van der Waals surface area contributed by atoms with Crippen LogP contribution in [0, 0.1) is 12.8 Å². The molecule has 2 N–H and O–H groups in total. The second-order valence-electron chi connectivity index (χ2n) is 7.22. The van der Waals surface area contributed by atoms with E-state index in [2.05, 4.69) is 20.9 Å². The summed E-state index contributed by atoms with van der Waals surface area (Å²) in [6, 6.07) is 3.57. The van der Waals surface area contributed by atoms with E-state index in [-0.39, 0.29) is 34.6 Å². The van der Waals surface area contributed by atoms with Gasteiger partial charge in [0.1, 0.15) is 16.8 Å². The molecule has 0 saturated heterocycles. The molecule has 8 nitrogen and oxygen atoms in total. The highest BCUT2D eigenvalue weighted by Crippen LogP contribution is 2.39. The van der Waals surface area contributed by atoms with E-state index in [0.717, 1.165) is 30.8 Å². The molecule has 0 bridgehead atoms. The first-order chi connectivity index (χ1) is 13.6. The van der Waals surface area contributed by atoms with Crippen LogP contribution in [0.25, 0.3) is 0 Å². The molecule has 5 atom stereocenters. The van der Waals surface area contributed by atoms with Gasteiger partial charge in [0.2, 0.25) is 11.1 Å². The number of hydrogen-bond donors (Lipinski definition) is 2. The number of amides is 1. The molecular weight excluding hydrogens is 402 g/mol. The Balaban J connectivity index is 1.52. The number of aromatic nitrogens is 3. The van der Waals surface area contributed by atoms with Crippen LogP contribution in [0.1, 0.15) is 30.8 Å². The number of aryl methyl sites for hydroxylation is 1. The SMILES string of the molecule is COC1CCC(C2Nn3c(C)nnc3SC2C(=O)NCc2ccco2)CC1Cl. The van der Waals surface area contributed by atoms with Crippen LogP contribution in [0.3, 0.4) is 0 Å². The Morgan fingerprint density at radius 2 is 2.36 bits per heavy atom. The molecule has 152 valence electrons. The fraction of sp³-hybridized carbons (Fsp3) is 0.611. The summed E-state index contributed by atoms with van der Waals surface area (Å²) >= 11 is 8.00. The average Bonchev–Trinajstić information content (AvgIpc) is 3.35. The van der Waals surface area contributed by atoms with Crippen molar-refractivity contribution in [2.24, 2.45) is 5.92 Å². The van der Waals surface area contributed by atoms with E-state index in [1.165, 1.54) is 11.8 Å². The number of hydrogen-bond acceptors (Lipinski definition) is 7. The minimum Gasteiger partial charge on any atom is -0.467 e. The van der Waals surface area contributed by atoms with Gasteiger partial charge in [-0.1, -0.05) is 11.8 Å². The van der Waals surface area contributed by atoms with Crippen molar-refractivity contribution in [1.82, 2.24) is 20.2 Å². The third kappa shape index (κ3) is 3.88. The largest absolute Gasteiger partial charge is 0.467 e. The van der Waals surface area contributed by atoms with Gasteiger partial charge < -0.3 is 19.9 Å². The first-order valence-corrected chi connectivity index (χ1v) is 10.7. The van der Waals surface area contributed by atoms with E-state index < -0.39 is 0 Å². The Morgan fingerprint density at radius 3 is 3.07 bits per heavy atom. The smallest absolute Gasteiger partial charge is 0.236 e. The number of nitrogens with one attached hydrogen (secondary N) is 2. The fourth-order valence-corrected chi connectivity index (χ4v) is 5.62. The number of furan rings is 1. The molecule has 10 heteroatoms. The van der Waals surface area contributed by atoms with E-state index in [0.29, 0.717) is 11.7 Å². The maximum atomic E-state index is 13.0. The Labute approximate surface area is 172 Å². The van der Waals surface area contributed by atoms with Gasteiger partial charge in [-0.3, -0.25) is 4.79 Å². The summed E-state index contributed by atoms with van der Waals surface area (Å²) in [4.78, 5) is 13.0. The molecule has 1 fully saturated rings. The molecule has 0 aromatic carbocycles. The molecule has 1 aliphatic carbocycles. The van der Waals surface area contributed by atoms with Crippen molar-refractivity contribution in [3.63, 3.8) is 0 Å². The van der Waals surface area contributed by atoms with Crippen molar-refractivity contribution in [2.75, 3.05) is 12.5 Å². The molecular formula is C18H24ClN5O3S. The third-order valence-electron chi connectivity index (χ3n) is 5.47. The number of rotatable bonds is 5. The highest BCUT2D eigenvalue weighted by molar-refractivity contribution is 8.00. The van der Waals surface area contributed by atoms with Crippen molar-refractivity contribution >= 4 is 29.3 Å². The molecule has 1 aliphatic heterocycles. The predicted octanol–water partition coefficient (Wildman–Crippen LogP) is 2.30. The lowest BCUT2D eigenvalue weighted by Crippen LogP contribution is -2.54. The molecule has 2 aromatic heterocycles. The first kappa shape index (κ1) is 19.6. The summed E-state index contributed by atoms with van der Waals surface area (Å²) in [6.07, 6.45) is 4.27. The zero-order chi connectivity index (χ0) is 19.7. The molecule has 0 spiro atoms. The molecule has 4 rings (SSSR count). The number of carbonyl (C=O) groups is 1. The number of fused-ring (bicyclic) bond motifs is 1. The fourth-order valence-electron chi connectivity index (χ4n) is 3.94. The zero-order valence-electron chi connectivity index (χ0n) is 15.8. The van der Waals surface area contributed by atoms with E-state index in [1.54, 1.807) is 19.4 Å². The third-order valence-corrected chi connectivity index (χ3v) is 7.17. The average molecular weight is 426 g/mol. The first-order valence-electron chi connectivity index (χ1n) is 9.39. The topological polar surface area (TPSA) is 94.2 Å². The quantitative estimate of drug-likeness (QED) is 0.710. The molecule has 2 aliphatic rings. The van der Waals surface area contributed by atoms with Gasteiger partial charge in [0.25, 0.3) is 0 Å². The monoisotopic (exact) mass is 425 g/mol. The van der Waals surface area contributed by atoms with Gasteiger partial charge in [-0.15, -0.1) is 21.8 Å². The zero-order valence-corrected chi connectivity index (χ0v) is 17.4. The van der Waals surface area contributed by atoms with E-state index in [4.69, 9.17) is 20.8 Å². The molecule has 1 saturated carbocycles. The summed E-state index contributed by atoms with van der Waals surface area (Å²) in [5.74, 6) is 1.69. The maximum Gasteiger partial charge on any atom is 0.236 e. The van der Waals surface area contributed by atoms with Gasteiger partial charge >= 0.3 is 0 Å². The Kier molecular flexibility index (Phi) is 5.84. The highest BCUT2D eigenvalue weighted by atomic mass is 35.5. The van der Waals surface area contributed by atoms with Crippen LogP contribution >= 0.6 is 23.4 Å². The summed E-state index contributed by atoms with van der Waals surface area (Å²) in [6.45, 7) is 2.25. The second-order valence-corrected chi connectivity index (χ2v) is 8.89. The van der Waals surface area contributed by atoms with Gasteiger partial charge in [-0.05, 0) is 44.2 Å². The summed E-state index contributed by atoms with van der Waals surface area (Å²) in [7, 11) is 1.70. The van der Waals surface area contributed by atoms with E-state index in [9.17, 15) is 4.79 Å². The Hall–Kier alpha value is -1.71. The number of thioether (sulfide) groups is 1. The van der Waals surface area contributed by atoms with Gasteiger partial charge in [0, 0.05) is 7.11 Å². The van der Waals surface area contributed by atoms with Crippen LogP contribution in [0.5, 0.6) is 0 Å². The molecule has 28 heavy (non-hydrogen) atoms. The van der Waals surface area contributed by atoms with E-state index in [1.807, 2.05) is 17.7 Å². The number of ether oxygens (including phenoxy) is 1. The summed E-state index contributed by atoms with van der Waals surface area (Å²) in [5, 5.41) is 11.6. The number of nitrogens with zero attached hydrogens (tertiary/aromatic N) is 3. The number of methoxy groups -OCH3 is 1. The standard InChI is InChI=1S/C18H24ClN5O3S/c1-10-21-22-18-24(10)23-15(11-5-6-14(26-2)13(19)8-11)16(28-18)17(25)20-9-12-4-3-7-27-12/h3-4,7,11,13-16,23H,5-6,8-9H2,1-2H3,(H,20,25). The molecule has 5 unspecified atom stereocenters. The molecule has 2 aromatic rings. The van der Waals surface area contributed by atoms with Crippen molar-refractivity contribution in [1.29, 1.82) is 0 Å². The lowest BCUT2D eigenvalue weighted by atomic mass is 9.81. The molecule has 3 heterocycles. The van der Waals surface area contributed by atoms with Crippen molar-refractivity contribution < 1.29 is 13.9 Å². The minimum atomic E-state index is -0.334. The molecule has 0 radical (unpaired) electrons. The molecule has 1 amide bonds. The predicted molar refractivity (Wildman–Crippen MR) is 106 cm³/mol. The Morgan fingerprint density at radius 1 is 1.50 bits per heavy atom. The second kappa shape index (κ2) is 8.34. The normalized spacial score (nSPS) is 29.8. The van der Waals surface area contributed by atoms with Gasteiger partial charge in [0.15, 0.2) is 0 Å². The summed E-state index contributed by atoms with van der Waals surface area (Å²) < 4.78 is 12.7. The number of carbonyl (C=O) groups excluding carboxylic acids is 1.